The van der Waals surface area contributed by atoms with Crippen LogP contribution in [0.25, 0.3) is 0 Å². The van der Waals surface area contributed by atoms with Crippen molar-refractivity contribution in [1.82, 2.24) is 5.32 Å². The lowest BCUT2D eigenvalue weighted by atomic mass is 10.0. The number of esters is 1. The zero-order valence-corrected chi connectivity index (χ0v) is 18.0. The Morgan fingerprint density at radius 1 is 1.32 bits per heavy atom. The van der Waals surface area contributed by atoms with Crippen LogP contribution < -0.4 is 14.8 Å². The second kappa shape index (κ2) is 11.1. The van der Waals surface area contributed by atoms with E-state index in [-0.39, 0.29) is 31.7 Å². The molecule has 1 aliphatic rings. The molecule has 0 aromatic heterocycles. The maximum absolute atomic E-state index is 14.1. The van der Waals surface area contributed by atoms with Crippen molar-refractivity contribution in [3.8, 4) is 11.5 Å². The van der Waals surface area contributed by atoms with Crippen LogP contribution in [0.4, 0.5) is 4.39 Å². The third kappa shape index (κ3) is 5.95. The van der Waals surface area contributed by atoms with Gasteiger partial charge in [-0.25, -0.2) is 4.39 Å². The summed E-state index contributed by atoms with van der Waals surface area (Å²) in [5, 5.41) is 12.7. The maximum Gasteiger partial charge on any atom is 0.312 e. The van der Waals surface area contributed by atoms with Crippen LogP contribution in [0.5, 0.6) is 11.5 Å². The van der Waals surface area contributed by atoms with Crippen molar-refractivity contribution in [2.24, 2.45) is 5.92 Å². The number of hydrogen-bond acceptors (Lipinski definition) is 6. The van der Waals surface area contributed by atoms with E-state index in [9.17, 15) is 14.3 Å². The van der Waals surface area contributed by atoms with Crippen LogP contribution in [-0.4, -0.2) is 43.5 Å². The minimum atomic E-state index is -0.594. The third-order valence-corrected chi connectivity index (χ3v) is 5.42. The van der Waals surface area contributed by atoms with Gasteiger partial charge in [-0.05, 0) is 43.0 Å². The lowest BCUT2D eigenvalue weighted by molar-refractivity contribution is -0.149. The van der Waals surface area contributed by atoms with Crippen LogP contribution in [0, 0.1) is 11.7 Å². The third-order valence-electron chi connectivity index (χ3n) is 5.42. The van der Waals surface area contributed by atoms with Gasteiger partial charge in [0.05, 0.1) is 19.1 Å². The Morgan fingerprint density at radius 2 is 2.16 bits per heavy atom. The Balaban J connectivity index is 1.57. The molecule has 7 heteroatoms. The summed E-state index contributed by atoms with van der Waals surface area (Å²) in [6.45, 7) is 4.67. The normalized spacial score (nSPS) is 16.2. The number of nitrogens with one attached hydrogen (secondary N) is 1. The summed E-state index contributed by atoms with van der Waals surface area (Å²) in [4.78, 5) is 11.8. The maximum atomic E-state index is 14.1. The Labute approximate surface area is 182 Å². The van der Waals surface area contributed by atoms with E-state index >= 15 is 0 Å². The predicted octanol–water partition coefficient (Wildman–Crippen LogP) is 3.03. The molecule has 0 saturated heterocycles. The summed E-state index contributed by atoms with van der Waals surface area (Å²) < 4.78 is 30.8. The van der Waals surface area contributed by atoms with E-state index in [1.165, 1.54) is 6.07 Å². The molecule has 3 rings (SSSR count). The molecular formula is C24H30FNO5. The average Bonchev–Trinajstić information content (AvgIpc) is 2.78. The molecule has 0 radical (unpaired) electrons. The van der Waals surface area contributed by atoms with E-state index in [4.69, 9.17) is 14.2 Å². The average molecular weight is 432 g/mol. The number of ether oxygens (including phenoxy) is 3. The molecule has 1 unspecified atom stereocenters. The van der Waals surface area contributed by atoms with Crippen molar-refractivity contribution in [3.05, 3.63) is 58.9 Å². The first-order chi connectivity index (χ1) is 15.0. The smallest absolute Gasteiger partial charge is 0.312 e. The fourth-order valence-electron chi connectivity index (χ4n) is 3.62. The fourth-order valence-corrected chi connectivity index (χ4v) is 3.62. The standard InChI is InChI=1S/C24H30FNO5/c1-3-16-6-5-7-22(25)21(16)15-30-20-9-8-17-10-19(14-31-23(17)11-20)26-12-18(13-27)24(28)29-4-2/h5-9,11,18-19,26-27H,3-4,10,12-15H2,1-2H3/t18?,19-/m0/s1. The van der Waals surface area contributed by atoms with E-state index in [0.29, 0.717) is 24.5 Å². The molecule has 0 fully saturated rings. The number of fused-ring (bicyclic) bond motifs is 1. The van der Waals surface area contributed by atoms with Crippen molar-refractivity contribution >= 4 is 5.97 Å². The molecule has 31 heavy (non-hydrogen) atoms. The summed E-state index contributed by atoms with van der Waals surface area (Å²) >= 11 is 0. The number of carbonyl (C=O) groups is 1. The molecule has 0 saturated carbocycles. The fraction of sp³-hybridized carbons (Fsp3) is 0.458. The summed E-state index contributed by atoms with van der Waals surface area (Å²) in [5.74, 6) is 0.106. The molecule has 1 heterocycles. The number of benzene rings is 2. The molecule has 0 spiro atoms. The largest absolute Gasteiger partial charge is 0.492 e. The molecule has 2 aromatic carbocycles. The van der Waals surface area contributed by atoms with Crippen LogP contribution >= 0.6 is 0 Å². The molecule has 6 nitrogen and oxygen atoms in total. The first-order valence-corrected chi connectivity index (χ1v) is 10.7. The van der Waals surface area contributed by atoms with E-state index < -0.39 is 11.9 Å². The summed E-state index contributed by atoms with van der Waals surface area (Å²) in [5.41, 5.74) is 2.54. The number of aliphatic hydroxyl groups is 1. The Morgan fingerprint density at radius 3 is 2.90 bits per heavy atom. The number of aliphatic hydroxyl groups excluding tert-OH is 1. The van der Waals surface area contributed by atoms with Gasteiger partial charge in [0.25, 0.3) is 0 Å². The molecule has 168 valence electrons. The van der Waals surface area contributed by atoms with Gasteiger partial charge in [0, 0.05) is 24.2 Å². The zero-order chi connectivity index (χ0) is 22.2. The van der Waals surface area contributed by atoms with Gasteiger partial charge in [-0.3, -0.25) is 4.79 Å². The first-order valence-electron chi connectivity index (χ1n) is 10.7. The quantitative estimate of drug-likeness (QED) is 0.563. The van der Waals surface area contributed by atoms with E-state index in [0.717, 1.165) is 29.7 Å². The number of carbonyl (C=O) groups excluding carboxylic acids is 1. The van der Waals surface area contributed by atoms with Gasteiger partial charge in [0.15, 0.2) is 0 Å². The van der Waals surface area contributed by atoms with Gasteiger partial charge in [0.2, 0.25) is 0 Å². The van der Waals surface area contributed by atoms with Crippen LogP contribution in [0.3, 0.4) is 0 Å². The highest BCUT2D eigenvalue weighted by molar-refractivity contribution is 5.72. The lowest BCUT2D eigenvalue weighted by Crippen LogP contribution is -2.43. The van der Waals surface area contributed by atoms with Gasteiger partial charge in [-0.1, -0.05) is 25.1 Å². The molecular weight excluding hydrogens is 401 g/mol. The number of halogens is 1. The van der Waals surface area contributed by atoms with Gasteiger partial charge in [-0.2, -0.15) is 0 Å². The van der Waals surface area contributed by atoms with Gasteiger partial charge >= 0.3 is 5.97 Å². The minimum absolute atomic E-state index is 0.0215. The molecule has 1 aliphatic heterocycles. The lowest BCUT2D eigenvalue weighted by Gasteiger charge is -2.27. The van der Waals surface area contributed by atoms with Crippen molar-refractivity contribution in [2.75, 3.05) is 26.4 Å². The summed E-state index contributed by atoms with van der Waals surface area (Å²) in [7, 11) is 0. The summed E-state index contributed by atoms with van der Waals surface area (Å²) in [6, 6.07) is 10.7. The molecule has 0 amide bonds. The van der Waals surface area contributed by atoms with E-state index in [1.807, 2.05) is 31.2 Å². The van der Waals surface area contributed by atoms with Gasteiger partial charge < -0.3 is 24.6 Å². The van der Waals surface area contributed by atoms with Crippen LogP contribution in [0.1, 0.15) is 30.5 Å². The highest BCUT2D eigenvalue weighted by atomic mass is 19.1. The molecule has 2 atom stereocenters. The zero-order valence-electron chi connectivity index (χ0n) is 18.0. The number of rotatable bonds is 10. The van der Waals surface area contributed by atoms with Crippen LogP contribution in [0.15, 0.2) is 36.4 Å². The monoisotopic (exact) mass is 431 g/mol. The van der Waals surface area contributed by atoms with Crippen molar-refractivity contribution in [1.29, 1.82) is 0 Å². The number of hydrogen-bond donors (Lipinski definition) is 2. The molecule has 2 aromatic rings. The van der Waals surface area contributed by atoms with Gasteiger partial charge in [0.1, 0.15) is 30.5 Å². The summed E-state index contributed by atoms with van der Waals surface area (Å²) in [6.07, 6.45) is 1.47. The highest BCUT2D eigenvalue weighted by Crippen LogP contribution is 2.30. The number of aryl methyl sites for hydroxylation is 1. The van der Waals surface area contributed by atoms with Crippen molar-refractivity contribution in [2.45, 2.75) is 39.3 Å². The SMILES string of the molecule is CCOC(=O)C(CO)CN[C@@H]1COc2cc(OCc3c(F)cccc3CC)ccc2C1. The van der Waals surface area contributed by atoms with Crippen LogP contribution in [-0.2, 0) is 29.0 Å². The van der Waals surface area contributed by atoms with E-state index in [2.05, 4.69) is 5.32 Å². The molecule has 2 N–H and O–H groups in total. The molecule has 0 aliphatic carbocycles. The Kier molecular flexibility index (Phi) is 8.26. The Bertz CT molecular complexity index is 888. The van der Waals surface area contributed by atoms with Crippen molar-refractivity contribution < 1.29 is 28.5 Å². The highest BCUT2D eigenvalue weighted by Gasteiger charge is 2.24. The van der Waals surface area contributed by atoms with Gasteiger partial charge in [-0.15, -0.1) is 0 Å². The second-order valence-electron chi connectivity index (χ2n) is 7.54. The second-order valence-corrected chi connectivity index (χ2v) is 7.54. The Hall–Kier alpha value is -2.64. The first kappa shape index (κ1) is 23.0. The molecule has 0 bridgehead atoms. The van der Waals surface area contributed by atoms with E-state index in [1.54, 1.807) is 13.0 Å². The van der Waals surface area contributed by atoms with Crippen molar-refractivity contribution in [3.63, 3.8) is 0 Å². The minimum Gasteiger partial charge on any atom is -0.492 e. The van der Waals surface area contributed by atoms with Crippen LogP contribution in [0.2, 0.25) is 0 Å². The topological polar surface area (TPSA) is 77.0 Å². The predicted molar refractivity (Wildman–Crippen MR) is 115 cm³/mol.